The number of aryl methyl sites for hydroxylation is 1. The number of nitriles is 2. The molecule has 0 N–H and O–H groups in total. The van der Waals surface area contributed by atoms with Crippen molar-refractivity contribution in [2.24, 2.45) is 0 Å². The highest BCUT2D eigenvalue weighted by Gasteiger charge is 2.09. The van der Waals surface area contributed by atoms with Gasteiger partial charge in [0.25, 0.3) is 0 Å². The molecular weight excluding hydrogens is 569 g/mol. The van der Waals surface area contributed by atoms with Gasteiger partial charge in [-0.3, -0.25) is 0 Å². The Kier molecular flexibility index (Phi) is 9.44. The number of benzene rings is 7. The smallest absolute Gasteiger partial charge is 0.0998 e. The molecule has 0 amide bonds. The van der Waals surface area contributed by atoms with Crippen molar-refractivity contribution in [3.8, 4) is 67.8 Å². The van der Waals surface area contributed by atoms with Gasteiger partial charge in [0.05, 0.1) is 23.3 Å². The Hall–Kier alpha value is -6.48. The molecule has 0 saturated heterocycles. The molecule has 7 aromatic carbocycles. The summed E-state index contributed by atoms with van der Waals surface area (Å²) < 4.78 is 0. The second kappa shape index (κ2) is 14.5. The van der Waals surface area contributed by atoms with E-state index < -0.39 is 0 Å². The Morgan fingerprint density at radius 3 is 1.21 bits per heavy atom. The molecule has 7 aromatic rings. The van der Waals surface area contributed by atoms with Crippen LogP contribution in [0.2, 0.25) is 0 Å². The minimum atomic E-state index is 0.685. The summed E-state index contributed by atoms with van der Waals surface area (Å²) in [4.78, 5) is 0. The average molecular weight is 601 g/mol. The van der Waals surface area contributed by atoms with Gasteiger partial charge < -0.3 is 0 Å². The molecule has 47 heavy (non-hydrogen) atoms. The second-order valence-electron chi connectivity index (χ2n) is 11.3. The van der Waals surface area contributed by atoms with Crippen LogP contribution in [0, 0.1) is 29.6 Å². The molecule has 7 rings (SSSR count). The molecular formula is C45H32N2. The van der Waals surface area contributed by atoms with E-state index in [2.05, 4.69) is 103 Å². The largest absolute Gasteiger partial charge is 0.192 e. The van der Waals surface area contributed by atoms with Crippen LogP contribution in [-0.2, 0) is 0 Å². The molecule has 0 heterocycles. The van der Waals surface area contributed by atoms with Gasteiger partial charge >= 0.3 is 0 Å². The van der Waals surface area contributed by atoms with Crippen LogP contribution in [0.25, 0.3) is 55.6 Å². The molecule has 0 saturated carbocycles. The molecule has 0 aromatic heterocycles. The summed E-state index contributed by atoms with van der Waals surface area (Å²) in [5, 5.41) is 18.8. The molecule has 2 heteroatoms. The van der Waals surface area contributed by atoms with Crippen molar-refractivity contribution < 1.29 is 0 Å². The summed E-state index contributed by atoms with van der Waals surface area (Å²) in [5.41, 5.74) is 13.6. The highest BCUT2D eigenvalue weighted by atomic mass is 14.3. The second-order valence-corrected chi connectivity index (χ2v) is 11.3. The standard InChI is InChI=1S/C31H21N.C14H11N/c32-22-30-21-29(24-10-5-2-6-11-24)18-19-31(30)26-16-14-25(15-17-26)28-13-7-12-27(20-28)23-8-3-1-4-9-23;1-11-7-8-14(13(9-11)10-15)12-5-3-2-4-6-12/h1-21H;2-9H,1H3. The third-order valence-electron chi connectivity index (χ3n) is 8.13. The van der Waals surface area contributed by atoms with Crippen LogP contribution in [-0.4, -0.2) is 0 Å². The van der Waals surface area contributed by atoms with Crippen LogP contribution < -0.4 is 0 Å². The fourth-order valence-corrected chi connectivity index (χ4v) is 5.67. The maximum atomic E-state index is 9.77. The molecule has 2 nitrogen and oxygen atoms in total. The Labute approximate surface area is 277 Å². The lowest BCUT2D eigenvalue weighted by Crippen LogP contribution is -1.87. The van der Waals surface area contributed by atoms with E-state index >= 15 is 0 Å². The Morgan fingerprint density at radius 1 is 0.319 bits per heavy atom. The van der Waals surface area contributed by atoms with E-state index in [1.54, 1.807) is 0 Å². The molecule has 0 atom stereocenters. The van der Waals surface area contributed by atoms with E-state index in [1.165, 1.54) is 16.7 Å². The maximum absolute atomic E-state index is 9.77. The Morgan fingerprint density at radius 2 is 0.681 bits per heavy atom. The number of rotatable bonds is 5. The zero-order valence-corrected chi connectivity index (χ0v) is 26.1. The van der Waals surface area contributed by atoms with E-state index in [1.807, 2.05) is 91.9 Å². The topological polar surface area (TPSA) is 47.6 Å². The number of hydrogen-bond donors (Lipinski definition) is 0. The van der Waals surface area contributed by atoms with Gasteiger partial charge in [0, 0.05) is 0 Å². The predicted molar refractivity (Wildman–Crippen MR) is 194 cm³/mol. The molecule has 0 spiro atoms. The SMILES string of the molecule is Cc1ccc(-c2ccccc2)c(C#N)c1.N#Cc1cc(-c2ccccc2)ccc1-c1ccc(-c2cccc(-c3ccccc3)c2)cc1. The van der Waals surface area contributed by atoms with E-state index in [4.69, 9.17) is 5.26 Å². The van der Waals surface area contributed by atoms with Crippen LogP contribution in [0.5, 0.6) is 0 Å². The summed E-state index contributed by atoms with van der Waals surface area (Å²) in [6, 6.07) is 64.3. The molecule has 0 fully saturated rings. The van der Waals surface area contributed by atoms with Gasteiger partial charge in [-0.25, -0.2) is 0 Å². The molecule has 0 aliphatic carbocycles. The first-order valence-corrected chi connectivity index (χ1v) is 15.5. The highest BCUT2D eigenvalue weighted by molar-refractivity contribution is 5.79. The fourth-order valence-electron chi connectivity index (χ4n) is 5.67. The van der Waals surface area contributed by atoms with Crippen molar-refractivity contribution in [3.63, 3.8) is 0 Å². The fraction of sp³-hybridized carbons (Fsp3) is 0.0222. The minimum Gasteiger partial charge on any atom is -0.192 e. The van der Waals surface area contributed by atoms with Crippen molar-refractivity contribution >= 4 is 0 Å². The average Bonchev–Trinajstić information content (AvgIpc) is 3.16. The van der Waals surface area contributed by atoms with E-state index in [0.717, 1.165) is 50.1 Å². The van der Waals surface area contributed by atoms with Gasteiger partial charge in [-0.1, -0.05) is 158 Å². The third-order valence-corrected chi connectivity index (χ3v) is 8.13. The summed E-state index contributed by atoms with van der Waals surface area (Å²) in [5.74, 6) is 0. The highest BCUT2D eigenvalue weighted by Crippen LogP contribution is 2.32. The van der Waals surface area contributed by atoms with Crippen molar-refractivity contribution in [1.29, 1.82) is 10.5 Å². The summed E-state index contributed by atoms with van der Waals surface area (Å²) in [6.45, 7) is 2.00. The van der Waals surface area contributed by atoms with Crippen molar-refractivity contribution in [2.75, 3.05) is 0 Å². The van der Waals surface area contributed by atoms with Crippen LogP contribution in [0.3, 0.4) is 0 Å². The quantitative estimate of drug-likeness (QED) is 0.197. The normalized spacial score (nSPS) is 10.2. The van der Waals surface area contributed by atoms with Crippen molar-refractivity contribution in [1.82, 2.24) is 0 Å². The zero-order chi connectivity index (χ0) is 32.4. The summed E-state index contributed by atoms with van der Waals surface area (Å²) in [7, 11) is 0. The van der Waals surface area contributed by atoms with Gasteiger partial charge in [-0.2, -0.15) is 10.5 Å². The van der Waals surface area contributed by atoms with Crippen molar-refractivity contribution in [2.45, 2.75) is 6.92 Å². The van der Waals surface area contributed by atoms with Gasteiger partial charge in [0.1, 0.15) is 0 Å². The first-order chi connectivity index (χ1) is 23.1. The van der Waals surface area contributed by atoms with Gasteiger partial charge in [-0.05, 0) is 86.3 Å². The monoisotopic (exact) mass is 600 g/mol. The molecule has 0 bridgehead atoms. The predicted octanol–water partition coefficient (Wildman–Crippen LogP) is 11.8. The zero-order valence-electron chi connectivity index (χ0n) is 26.1. The molecule has 222 valence electrons. The van der Waals surface area contributed by atoms with Gasteiger partial charge in [-0.15, -0.1) is 0 Å². The lowest BCUT2D eigenvalue weighted by Gasteiger charge is -2.10. The number of nitrogens with zero attached hydrogens (tertiary/aromatic N) is 2. The molecule has 0 aliphatic heterocycles. The van der Waals surface area contributed by atoms with Gasteiger partial charge in [0.15, 0.2) is 0 Å². The molecule has 0 aliphatic rings. The van der Waals surface area contributed by atoms with Crippen molar-refractivity contribution in [3.05, 3.63) is 193 Å². The Balaban J connectivity index is 0.000000215. The molecule has 0 radical (unpaired) electrons. The maximum Gasteiger partial charge on any atom is 0.0998 e. The first-order valence-electron chi connectivity index (χ1n) is 15.5. The van der Waals surface area contributed by atoms with Gasteiger partial charge in [0.2, 0.25) is 0 Å². The number of hydrogen-bond acceptors (Lipinski definition) is 2. The third kappa shape index (κ3) is 7.26. The summed E-state index contributed by atoms with van der Waals surface area (Å²) in [6.07, 6.45) is 0. The minimum absolute atomic E-state index is 0.685. The van der Waals surface area contributed by atoms with Crippen LogP contribution in [0.4, 0.5) is 0 Å². The van der Waals surface area contributed by atoms with E-state index in [-0.39, 0.29) is 0 Å². The lowest BCUT2D eigenvalue weighted by atomic mass is 9.93. The van der Waals surface area contributed by atoms with Crippen LogP contribution >= 0.6 is 0 Å². The lowest BCUT2D eigenvalue weighted by molar-refractivity contribution is 1.42. The summed E-state index contributed by atoms with van der Waals surface area (Å²) >= 11 is 0. The first kappa shape index (κ1) is 30.5. The van der Waals surface area contributed by atoms with E-state index in [9.17, 15) is 5.26 Å². The van der Waals surface area contributed by atoms with Crippen LogP contribution in [0.15, 0.2) is 176 Å². The Bertz CT molecular complexity index is 2190. The molecule has 0 unspecified atom stereocenters. The van der Waals surface area contributed by atoms with E-state index in [0.29, 0.717) is 5.56 Å². The van der Waals surface area contributed by atoms with Crippen LogP contribution in [0.1, 0.15) is 16.7 Å².